The number of nitrogens with one attached hydrogen (secondary N) is 1. The Labute approximate surface area is 105 Å². The average molecular weight is 244 g/mol. The van der Waals surface area contributed by atoms with Crippen LogP contribution in [0.2, 0.25) is 0 Å². The molecule has 4 nitrogen and oxygen atoms in total. The van der Waals surface area contributed by atoms with E-state index in [0.717, 1.165) is 11.3 Å². The van der Waals surface area contributed by atoms with Gasteiger partial charge in [-0.1, -0.05) is 6.07 Å². The van der Waals surface area contributed by atoms with E-state index in [4.69, 9.17) is 5.26 Å². The molecule has 0 fully saturated rings. The summed E-state index contributed by atoms with van der Waals surface area (Å²) in [4.78, 5) is 0. The Kier molecular flexibility index (Phi) is 3.28. The van der Waals surface area contributed by atoms with Crippen LogP contribution in [-0.4, -0.2) is 9.78 Å². The zero-order valence-corrected chi connectivity index (χ0v) is 10.2. The highest BCUT2D eigenvalue weighted by Crippen LogP contribution is 2.19. The molecular formula is C13H13FN4. The number of aromatic nitrogens is 2. The van der Waals surface area contributed by atoms with Crippen molar-refractivity contribution in [2.45, 2.75) is 13.5 Å². The molecule has 0 saturated carbocycles. The number of nitriles is 1. The molecule has 0 atom stereocenters. The van der Waals surface area contributed by atoms with Crippen molar-refractivity contribution in [3.63, 3.8) is 0 Å². The van der Waals surface area contributed by atoms with Crippen LogP contribution in [0.3, 0.4) is 0 Å². The summed E-state index contributed by atoms with van der Waals surface area (Å²) >= 11 is 0. The molecule has 1 N–H and O–H groups in total. The number of aryl methyl sites for hydroxylation is 2. The first kappa shape index (κ1) is 12.1. The van der Waals surface area contributed by atoms with Gasteiger partial charge in [-0.05, 0) is 19.1 Å². The maximum atomic E-state index is 13.4. The van der Waals surface area contributed by atoms with E-state index in [-0.39, 0.29) is 5.56 Å². The van der Waals surface area contributed by atoms with Crippen LogP contribution in [-0.2, 0) is 13.6 Å². The first-order valence-corrected chi connectivity index (χ1v) is 5.53. The van der Waals surface area contributed by atoms with Gasteiger partial charge >= 0.3 is 0 Å². The number of benzene rings is 1. The highest BCUT2D eigenvalue weighted by atomic mass is 19.1. The fourth-order valence-corrected chi connectivity index (χ4v) is 1.80. The van der Waals surface area contributed by atoms with Gasteiger partial charge in [0.15, 0.2) is 0 Å². The SMILES string of the molecule is Cc1nn(C)cc1CNc1cccc(F)c1C#N. The van der Waals surface area contributed by atoms with E-state index in [9.17, 15) is 4.39 Å². The lowest BCUT2D eigenvalue weighted by atomic mass is 10.1. The number of rotatable bonds is 3. The topological polar surface area (TPSA) is 53.6 Å². The summed E-state index contributed by atoms with van der Waals surface area (Å²) < 4.78 is 15.1. The monoisotopic (exact) mass is 244 g/mol. The molecule has 0 saturated heterocycles. The van der Waals surface area contributed by atoms with Gasteiger partial charge in [-0.25, -0.2) is 4.39 Å². The molecule has 5 heteroatoms. The summed E-state index contributed by atoms with van der Waals surface area (Å²) in [7, 11) is 1.85. The summed E-state index contributed by atoms with van der Waals surface area (Å²) in [5.74, 6) is -0.509. The molecule has 0 radical (unpaired) electrons. The molecule has 0 bridgehead atoms. The van der Waals surface area contributed by atoms with Crippen molar-refractivity contribution in [3.8, 4) is 6.07 Å². The molecule has 92 valence electrons. The molecule has 0 unspecified atom stereocenters. The molecule has 2 aromatic rings. The summed E-state index contributed by atoms with van der Waals surface area (Å²) in [5, 5.41) is 16.2. The van der Waals surface area contributed by atoms with E-state index in [1.54, 1.807) is 16.8 Å². The van der Waals surface area contributed by atoms with Crippen molar-refractivity contribution in [2.75, 3.05) is 5.32 Å². The molecule has 18 heavy (non-hydrogen) atoms. The Bertz CT molecular complexity index is 610. The predicted molar refractivity (Wildman–Crippen MR) is 66.4 cm³/mol. The predicted octanol–water partition coefficient (Wildman–Crippen LogP) is 2.35. The van der Waals surface area contributed by atoms with Gasteiger partial charge in [0.25, 0.3) is 0 Å². The van der Waals surface area contributed by atoms with Gasteiger partial charge in [0, 0.05) is 25.4 Å². The second-order valence-corrected chi connectivity index (χ2v) is 4.04. The first-order valence-electron chi connectivity index (χ1n) is 5.53. The van der Waals surface area contributed by atoms with Crippen LogP contribution in [0.4, 0.5) is 10.1 Å². The van der Waals surface area contributed by atoms with Crippen molar-refractivity contribution in [1.29, 1.82) is 5.26 Å². The Morgan fingerprint density at radius 1 is 1.50 bits per heavy atom. The number of hydrogen-bond donors (Lipinski definition) is 1. The summed E-state index contributed by atoms with van der Waals surface area (Å²) in [6, 6.07) is 6.40. The minimum atomic E-state index is -0.509. The Morgan fingerprint density at radius 2 is 2.28 bits per heavy atom. The second-order valence-electron chi connectivity index (χ2n) is 4.04. The highest BCUT2D eigenvalue weighted by Gasteiger charge is 2.08. The van der Waals surface area contributed by atoms with Crippen LogP contribution >= 0.6 is 0 Å². The third-order valence-corrected chi connectivity index (χ3v) is 2.71. The molecule has 2 rings (SSSR count). The average Bonchev–Trinajstić information content (AvgIpc) is 2.65. The molecular weight excluding hydrogens is 231 g/mol. The Hall–Kier alpha value is -2.35. The maximum absolute atomic E-state index is 13.4. The smallest absolute Gasteiger partial charge is 0.143 e. The van der Waals surface area contributed by atoms with Gasteiger partial charge in [-0.15, -0.1) is 0 Å². The van der Waals surface area contributed by atoms with Crippen LogP contribution in [0.5, 0.6) is 0 Å². The minimum Gasteiger partial charge on any atom is -0.380 e. The number of hydrogen-bond acceptors (Lipinski definition) is 3. The van der Waals surface area contributed by atoms with Crippen LogP contribution < -0.4 is 5.32 Å². The van der Waals surface area contributed by atoms with Crippen molar-refractivity contribution in [2.24, 2.45) is 7.05 Å². The third-order valence-electron chi connectivity index (χ3n) is 2.71. The van der Waals surface area contributed by atoms with Gasteiger partial charge in [-0.3, -0.25) is 4.68 Å². The standard InChI is InChI=1S/C13H13FN4/c1-9-10(8-18(2)17-9)7-16-13-5-3-4-12(14)11(13)6-15/h3-5,8,16H,7H2,1-2H3. The van der Waals surface area contributed by atoms with Crippen LogP contribution in [0, 0.1) is 24.1 Å². The zero-order valence-electron chi connectivity index (χ0n) is 10.2. The molecule has 1 aromatic carbocycles. The highest BCUT2D eigenvalue weighted by molar-refractivity contribution is 5.58. The maximum Gasteiger partial charge on any atom is 0.143 e. The Balaban J connectivity index is 2.19. The van der Waals surface area contributed by atoms with Gasteiger partial charge < -0.3 is 5.32 Å². The Morgan fingerprint density at radius 3 is 2.89 bits per heavy atom. The largest absolute Gasteiger partial charge is 0.380 e. The van der Waals surface area contributed by atoms with E-state index >= 15 is 0 Å². The molecule has 1 heterocycles. The zero-order chi connectivity index (χ0) is 13.1. The van der Waals surface area contributed by atoms with Crippen LogP contribution in [0.25, 0.3) is 0 Å². The molecule has 0 aliphatic rings. The first-order chi connectivity index (χ1) is 8.61. The van der Waals surface area contributed by atoms with Gasteiger partial charge in [0.05, 0.1) is 11.4 Å². The van der Waals surface area contributed by atoms with Crippen LogP contribution in [0.15, 0.2) is 24.4 Å². The van der Waals surface area contributed by atoms with Crippen molar-refractivity contribution in [1.82, 2.24) is 9.78 Å². The third kappa shape index (κ3) is 2.33. The van der Waals surface area contributed by atoms with E-state index < -0.39 is 5.82 Å². The summed E-state index contributed by atoms with van der Waals surface area (Å²) in [6.07, 6.45) is 1.90. The fourth-order valence-electron chi connectivity index (χ4n) is 1.80. The molecule has 0 spiro atoms. The van der Waals surface area contributed by atoms with Crippen molar-refractivity contribution >= 4 is 5.69 Å². The normalized spacial score (nSPS) is 10.1. The van der Waals surface area contributed by atoms with Gasteiger partial charge in [-0.2, -0.15) is 10.4 Å². The number of halogens is 1. The number of anilines is 1. The summed E-state index contributed by atoms with van der Waals surface area (Å²) in [5.41, 5.74) is 2.48. The fraction of sp³-hybridized carbons (Fsp3) is 0.231. The van der Waals surface area contributed by atoms with E-state index in [1.165, 1.54) is 6.07 Å². The lowest BCUT2D eigenvalue weighted by Gasteiger charge is -2.07. The van der Waals surface area contributed by atoms with E-state index in [2.05, 4.69) is 10.4 Å². The van der Waals surface area contributed by atoms with Crippen molar-refractivity contribution < 1.29 is 4.39 Å². The van der Waals surface area contributed by atoms with Crippen LogP contribution in [0.1, 0.15) is 16.8 Å². The number of nitrogens with zero attached hydrogens (tertiary/aromatic N) is 3. The van der Waals surface area contributed by atoms with Gasteiger partial charge in [0.1, 0.15) is 17.4 Å². The van der Waals surface area contributed by atoms with Crippen molar-refractivity contribution in [3.05, 3.63) is 47.0 Å². The molecule has 0 amide bonds. The van der Waals surface area contributed by atoms with E-state index in [0.29, 0.717) is 12.2 Å². The quantitative estimate of drug-likeness (QED) is 0.901. The van der Waals surface area contributed by atoms with Gasteiger partial charge in [0.2, 0.25) is 0 Å². The summed E-state index contributed by atoms with van der Waals surface area (Å²) in [6.45, 7) is 2.42. The molecule has 1 aromatic heterocycles. The molecule has 0 aliphatic heterocycles. The lowest BCUT2D eigenvalue weighted by molar-refractivity contribution is 0.624. The minimum absolute atomic E-state index is 0.0408. The van der Waals surface area contributed by atoms with E-state index in [1.807, 2.05) is 26.2 Å². The second kappa shape index (κ2) is 4.88. The lowest BCUT2D eigenvalue weighted by Crippen LogP contribution is -2.02. The molecule has 0 aliphatic carbocycles.